The lowest BCUT2D eigenvalue weighted by Gasteiger charge is -2.43. The largest absolute Gasteiger partial charge is 0.374 e. The first-order valence-corrected chi connectivity index (χ1v) is 8.63. The molecule has 0 aromatic heterocycles. The zero-order valence-electron chi connectivity index (χ0n) is 11.1. The van der Waals surface area contributed by atoms with Gasteiger partial charge in [0.1, 0.15) is 0 Å². The van der Waals surface area contributed by atoms with Crippen LogP contribution in [0.15, 0.2) is 27.1 Å². The molecule has 1 heterocycles. The molecule has 2 fully saturated rings. The fraction of sp³-hybridized carbons (Fsp3) is 0.533. The molecule has 0 bridgehead atoms. The van der Waals surface area contributed by atoms with E-state index in [1.165, 1.54) is 12.8 Å². The van der Waals surface area contributed by atoms with Crippen LogP contribution < -0.4 is 0 Å². The summed E-state index contributed by atoms with van der Waals surface area (Å²) < 4.78 is 7.65. The van der Waals surface area contributed by atoms with Gasteiger partial charge in [-0.15, -0.1) is 0 Å². The number of amides is 1. The van der Waals surface area contributed by atoms with Gasteiger partial charge in [0.25, 0.3) is 5.91 Å². The van der Waals surface area contributed by atoms with Crippen molar-refractivity contribution in [1.29, 1.82) is 0 Å². The molecule has 20 heavy (non-hydrogen) atoms. The molecule has 2 atom stereocenters. The predicted octanol–water partition coefficient (Wildman–Crippen LogP) is 4.00. The number of carbonyl (C=O) groups is 1. The highest BCUT2D eigenvalue weighted by Crippen LogP contribution is 2.31. The zero-order valence-corrected chi connectivity index (χ0v) is 14.3. The Morgan fingerprint density at radius 1 is 1.25 bits per heavy atom. The van der Waals surface area contributed by atoms with Crippen LogP contribution in [0.1, 0.15) is 36.0 Å². The number of carbonyl (C=O) groups excluding carboxylic acids is 1. The maximum Gasteiger partial charge on any atom is 0.255 e. The lowest BCUT2D eigenvalue weighted by Crippen LogP contribution is -2.54. The van der Waals surface area contributed by atoms with Crippen LogP contribution in [0, 0.1) is 0 Å². The molecule has 0 N–H and O–H groups in total. The molecule has 0 spiro atoms. The van der Waals surface area contributed by atoms with Crippen LogP contribution in [-0.4, -0.2) is 36.1 Å². The lowest BCUT2D eigenvalue weighted by atomic mass is 9.89. The minimum atomic E-state index is 0.115. The highest BCUT2D eigenvalue weighted by atomic mass is 79.9. The van der Waals surface area contributed by atoms with Crippen LogP contribution in [0.5, 0.6) is 0 Å². The van der Waals surface area contributed by atoms with Crippen LogP contribution in [0.25, 0.3) is 0 Å². The Morgan fingerprint density at radius 2 is 2.05 bits per heavy atom. The summed E-state index contributed by atoms with van der Waals surface area (Å²) >= 11 is 6.92. The average molecular weight is 403 g/mol. The predicted molar refractivity (Wildman–Crippen MR) is 84.9 cm³/mol. The molecule has 5 heteroatoms. The summed E-state index contributed by atoms with van der Waals surface area (Å²) in [5, 5.41) is 0. The van der Waals surface area contributed by atoms with Gasteiger partial charge in [0, 0.05) is 15.5 Å². The number of ether oxygens (including phenoxy) is 1. The summed E-state index contributed by atoms with van der Waals surface area (Å²) in [5.41, 5.74) is 0.736. The highest BCUT2D eigenvalue weighted by molar-refractivity contribution is 9.11. The molecule has 3 nitrogen and oxygen atoms in total. The van der Waals surface area contributed by atoms with Crippen LogP contribution in [0.2, 0.25) is 0 Å². The van der Waals surface area contributed by atoms with Gasteiger partial charge in [0.05, 0.1) is 24.3 Å². The van der Waals surface area contributed by atoms with Crippen molar-refractivity contribution in [2.75, 3.05) is 13.2 Å². The van der Waals surface area contributed by atoms with Crippen LogP contribution in [-0.2, 0) is 4.74 Å². The Morgan fingerprint density at radius 3 is 2.85 bits per heavy atom. The second kappa shape index (κ2) is 6.16. The van der Waals surface area contributed by atoms with Crippen molar-refractivity contribution in [3.05, 3.63) is 32.7 Å². The van der Waals surface area contributed by atoms with Gasteiger partial charge in [0.2, 0.25) is 0 Å². The summed E-state index contributed by atoms with van der Waals surface area (Å²) in [5.74, 6) is 0.115. The SMILES string of the molecule is O=C(c1ccc(Br)cc1Br)N1CCOC2CCCCC21. The summed E-state index contributed by atoms with van der Waals surface area (Å²) in [6.45, 7) is 1.35. The zero-order chi connectivity index (χ0) is 14.1. The van der Waals surface area contributed by atoms with Crippen molar-refractivity contribution < 1.29 is 9.53 Å². The van der Waals surface area contributed by atoms with Crippen LogP contribution in [0.3, 0.4) is 0 Å². The van der Waals surface area contributed by atoms with Crippen molar-refractivity contribution in [3.8, 4) is 0 Å². The van der Waals surface area contributed by atoms with Crippen molar-refractivity contribution in [3.63, 3.8) is 0 Å². The highest BCUT2D eigenvalue weighted by Gasteiger charge is 2.37. The topological polar surface area (TPSA) is 29.5 Å². The minimum Gasteiger partial charge on any atom is -0.374 e. The van der Waals surface area contributed by atoms with E-state index >= 15 is 0 Å². The van der Waals surface area contributed by atoms with Crippen LogP contribution in [0.4, 0.5) is 0 Å². The number of fused-ring (bicyclic) bond motifs is 1. The van der Waals surface area contributed by atoms with Gasteiger partial charge in [-0.3, -0.25) is 4.79 Å². The standard InChI is InChI=1S/C15H17Br2NO2/c16-10-5-6-11(12(17)9-10)15(19)18-7-8-20-14-4-2-1-3-13(14)18/h5-6,9,13-14H,1-4,7-8H2. The number of nitrogens with zero attached hydrogens (tertiary/aromatic N) is 1. The van der Waals surface area contributed by atoms with Crippen molar-refractivity contribution >= 4 is 37.8 Å². The molecule has 1 saturated carbocycles. The molecule has 2 unspecified atom stereocenters. The number of benzene rings is 1. The third-order valence-electron chi connectivity index (χ3n) is 4.15. The Kier molecular flexibility index (Phi) is 4.48. The number of rotatable bonds is 1. The van der Waals surface area contributed by atoms with Gasteiger partial charge in [-0.05, 0) is 47.0 Å². The van der Waals surface area contributed by atoms with E-state index in [9.17, 15) is 4.79 Å². The van der Waals surface area contributed by atoms with Gasteiger partial charge in [0.15, 0.2) is 0 Å². The molecular weight excluding hydrogens is 386 g/mol. The smallest absolute Gasteiger partial charge is 0.255 e. The molecule has 1 amide bonds. The Balaban J connectivity index is 1.85. The average Bonchev–Trinajstić information content (AvgIpc) is 2.46. The third kappa shape index (κ3) is 2.81. The van der Waals surface area contributed by atoms with Gasteiger partial charge in [-0.2, -0.15) is 0 Å². The Bertz CT molecular complexity index is 519. The molecule has 1 aromatic rings. The fourth-order valence-corrected chi connectivity index (χ4v) is 4.38. The van der Waals surface area contributed by atoms with E-state index in [0.717, 1.165) is 27.4 Å². The summed E-state index contributed by atoms with van der Waals surface area (Å²) in [7, 11) is 0. The maximum atomic E-state index is 12.8. The van der Waals surface area contributed by atoms with Crippen molar-refractivity contribution in [1.82, 2.24) is 4.90 Å². The van der Waals surface area contributed by atoms with E-state index in [2.05, 4.69) is 31.9 Å². The molecule has 1 aliphatic heterocycles. The maximum absolute atomic E-state index is 12.8. The quantitative estimate of drug-likeness (QED) is 0.710. The fourth-order valence-electron chi connectivity index (χ4n) is 3.17. The summed E-state index contributed by atoms with van der Waals surface area (Å²) in [4.78, 5) is 14.8. The third-order valence-corrected chi connectivity index (χ3v) is 5.30. The number of hydrogen-bond donors (Lipinski definition) is 0. The van der Waals surface area contributed by atoms with Gasteiger partial charge in [-0.25, -0.2) is 0 Å². The molecule has 1 saturated heterocycles. The first kappa shape index (κ1) is 14.5. The molecule has 108 valence electrons. The minimum absolute atomic E-state index is 0.115. The Labute approximate surface area is 135 Å². The van der Waals surface area contributed by atoms with Crippen molar-refractivity contribution in [2.45, 2.75) is 37.8 Å². The summed E-state index contributed by atoms with van der Waals surface area (Å²) in [6.07, 6.45) is 4.78. The number of hydrogen-bond acceptors (Lipinski definition) is 2. The lowest BCUT2D eigenvalue weighted by molar-refractivity contribution is -0.0753. The summed E-state index contributed by atoms with van der Waals surface area (Å²) in [6, 6.07) is 5.97. The molecule has 2 aliphatic rings. The van der Waals surface area contributed by atoms with Gasteiger partial charge < -0.3 is 9.64 Å². The molecule has 1 aliphatic carbocycles. The van der Waals surface area contributed by atoms with E-state index in [1.54, 1.807) is 0 Å². The molecule has 0 radical (unpaired) electrons. The molecule has 1 aromatic carbocycles. The number of morpholine rings is 1. The first-order chi connectivity index (χ1) is 9.66. The number of halogens is 2. The van der Waals surface area contributed by atoms with Gasteiger partial charge >= 0.3 is 0 Å². The van der Waals surface area contributed by atoms with E-state index in [4.69, 9.17) is 4.74 Å². The molecule has 3 rings (SSSR count). The van der Waals surface area contributed by atoms with Gasteiger partial charge in [-0.1, -0.05) is 28.8 Å². The second-order valence-electron chi connectivity index (χ2n) is 5.38. The van der Waals surface area contributed by atoms with E-state index in [0.29, 0.717) is 13.2 Å². The monoisotopic (exact) mass is 401 g/mol. The van der Waals surface area contributed by atoms with Crippen molar-refractivity contribution in [2.24, 2.45) is 0 Å². The normalized spacial score (nSPS) is 26.2. The first-order valence-electron chi connectivity index (χ1n) is 7.04. The van der Waals surface area contributed by atoms with E-state index < -0.39 is 0 Å². The second-order valence-corrected chi connectivity index (χ2v) is 7.15. The Hall–Kier alpha value is -0.390. The van der Waals surface area contributed by atoms with E-state index in [-0.39, 0.29) is 18.1 Å². The van der Waals surface area contributed by atoms with E-state index in [1.807, 2.05) is 23.1 Å². The van der Waals surface area contributed by atoms with Crippen LogP contribution >= 0.6 is 31.9 Å². The molecular formula is C15H17Br2NO2.